The lowest BCUT2D eigenvalue weighted by molar-refractivity contribution is 0.174. The molecule has 30 heavy (non-hydrogen) atoms. The molecule has 0 amide bonds. The van der Waals surface area contributed by atoms with Crippen molar-refractivity contribution in [1.29, 1.82) is 0 Å². The number of para-hydroxylation sites is 1. The molecule has 2 heterocycles. The number of phenolic OH excluding ortho intramolecular Hbond substituents is 1. The molecule has 0 aliphatic carbocycles. The minimum atomic E-state index is -0.617. The second kappa shape index (κ2) is 7.55. The van der Waals surface area contributed by atoms with Crippen LogP contribution in [0.3, 0.4) is 0 Å². The summed E-state index contributed by atoms with van der Waals surface area (Å²) in [4.78, 5) is 0. The molecule has 2 unspecified atom stereocenters. The van der Waals surface area contributed by atoms with E-state index in [0.29, 0.717) is 27.6 Å². The zero-order chi connectivity index (χ0) is 20.7. The molecular weight excluding hydrogens is 407 g/mol. The summed E-state index contributed by atoms with van der Waals surface area (Å²) in [6, 6.07) is 16.9. The minimum Gasteiger partial charge on any atom is -0.508 e. The van der Waals surface area contributed by atoms with Gasteiger partial charge in [0.05, 0.1) is 11.1 Å². The van der Waals surface area contributed by atoms with Crippen molar-refractivity contribution >= 4 is 17.3 Å². The van der Waals surface area contributed by atoms with E-state index in [2.05, 4.69) is 10.6 Å². The summed E-state index contributed by atoms with van der Waals surface area (Å²) in [7, 11) is 0. The topological polar surface area (TPSA) is 62.8 Å². The predicted octanol–water partition coefficient (Wildman–Crippen LogP) is 4.89. The third-order valence-corrected chi connectivity index (χ3v) is 5.55. The van der Waals surface area contributed by atoms with Crippen molar-refractivity contribution in [3.63, 3.8) is 0 Å². The predicted molar refractivity (Wildman–Crippen MR) is 112 cm³/mol. The Hall–Kier alpha value is -3.22. The highest BCUT2D eigenvalue weighted by Gasteiger charge is 2.29. The zero-order valence-corrected chi connectivity index (χ0v) is 16.5. The van der Waals surface area contributed by atoms with E-state index in [0.717, 1.165) is 11.3 Å². The van der Waals surface area contributed by atoms with Crippen LogP contribution in [0.5, 0.6) is 17.2 Å². The van der Waals surface area contributed by atoms with Crippen molar-refractivity contribution in [3.8, 4) is 17.2 Å². The van der Waals surface area contributed by atoms with Crippen molar-refractivity contribution in [2.45, 2.75) is 12.2 Å². The second-order valence-corrected chi connectivity index (χ2v) is 7.47. The van der Waals surface area contributed by atoms with Gasteiger partial charge in [0.15, 0.2) is 11.5 Å². The summed E-state index contributed by atoms with van der Waals surface area (Å²) >= 11 is 6.33. The van der Waals surface area contributed by atoms with Crippen LogP contribution in [0.4, 0.5) is 4.39 Å². The van der Waals surface area contributed by atoms with E-state index >= 15 is 0 Å². The average molecular weight is 425 g/mol. The molecule has 152 valence electrons. The number of phenols is 1. The van der Waals surface area contributed by atoms with E-state index in [1.54, 1.807) is 24.3 Å². The van der Waals surface area contributed by atoms with Crippen LogP contribution < -0.4 is 20.1 Å². The number of rotatable bonds is 3. The first-order chi connectivity index (χ1) is 14.6. The number of hydrogen-bond donors (Lipinski definition) is 3. The Bertz CT molecular complexity index is 1130. The Labute approximate surface area is 177 Å². The summed E-state index contributed by atoms with van der Waals surface area (Å²) in [5.74, 6) is 1.06. The van der Waals surface area contributed by atoms with Crippen molar-refractivity contribution in [1.82, 2.24) is 10.6 Å². The highest BCUT2D eigenvalue weighted by molar-refractivity contribution is 6.31. The van der Waals surface area contributed by atoms with Crippen molar-refractivity contribution in [3.05, 3.63) is 94.3 Å². The highest BCUT2D eigenvalue weighted by atomic mass is 35.5. The first kappa shape index (κ1) is 18.8. The third kappa shape index (κ3) is 3.34. The van der Waals surface area contributed by atoms with Crippen molar-refractivity contribution in [2.75, 3.05) is 6.79 Å². The number of aromatic hydroxyl groups is 1. The van der Waals surface area contributed by atoms with Crippen LogP contribution >= 0.6 is 11.6 Å². The quantitative estimate of drug-likeness (QED) is 0.559. The minimum absolute atomic E-state index is 0.150. The Morgan fingerprint density at radius 3 is 2.67 bits per heavy atom. The van der Waals surface area contributed by atoms with E-state index in [1.807, 2.05) is 36.4 Å². The number of halogens is 2. The molecule has 5 nitrogen and oxygen atoms in total. The van der Waals surface area contributed by atoms with Gasteiger partial charge < -0.3 is 19.9 Å². The molecule has 0 radical (unpaired) electrons. The smallest absolute Gasteiger partial charge is 0.231 e. The number of ether oxygens (including phenoxy) is 2. The Morgan fingerprint density at radius 1 is 1.00 bits per heavy atom. The summed E-state index contributed by atoms with van der Waals surface area (Å²) < 4.78 is 25.6. The molecule has 2 aliphatic rings. The lowest BCUT2D eigenvalue weighted by Gasteiger charge is -2.33. The van der Waals surface area contributed by atoms with E-state index in [-0.39, 0.29) is 18.6 Å². The van der Waals surface area contributed by atoms with Crippen molar-refractivity contribution < 1.29 is 19.0 Å². The van der Waals surface area contributed by atoms with E-state index in [4.69, 9.17) is 21.1 Å². The third-order valence-electron chi connectivity index (χ3n) is 5.22. The van der Waals surface area contributed by atoms with Crippen molar-refractivity contribution in [2.24, 2.45) is 0 Å². The molecule has 3 aromatic carbocycles. The molecule has 7 heteroatoms. The molecule has 0 spiro atoms. The normalized spacial score (nSPS) is 19.9. The van der Waals surface area contributed by atoms with Crippen LogP contribution in [0.25, 0.3) is 5.70 Å². The SMILES string of the molecule is Oc1ccccc1C1C=C(c2ccc3c(c2)OCO3)NC(c2c(F)cccc2Cl)N1. The van der Waals surface area contributed by atoms with Crippen LogP contribution in [-0.4, -0.2) is 11.9 Å². The molecule has 2 aliphatic heterocycles. The number of nitrogens with one attached hydrogen (secondary N) is 2. The number of benzene rings is 3. The molecule has 5 rings (SSSR count). The molecule has 0 bridgehead atoms. The average Bonchev–Trinajstić information content (AvgIpc) is 3.22. The molecule has 3 N–H and O–H groups in total. The summed E-state index contributed by atoms with van der Waals surface area (Å²) in [5, 5.41) is 17.4. The number of fused-ring (bicyclic) bond motifs is 1. The first-order valence-electron chi connectivity index (χ1n) is 9.46. The fourth-order valence-corrected chi connectivity index (χ4v) is 4.03. The second-order valence-electron chi connectivity index (χ2n) is 7.06. The van der Waals surface area contributed by atoms with Gasteiger partial charge in [-0.25, -0.2) is 4.39 Å². The van der Waals surface area contributed by atoms with Gasteiger partial charge in [0.25, 0.3) is 0 Å². The van der Waals surface area contributed by atoms with Crippen LogP contribution in [0, 0.1) is 5.82 Å². The molecule has 0 aromatic heterocycles. The van der Waals surface area contributed by atoms with E-state index in [9.17, 15) is 9.50 Å². The largest absolute Gasteiger partial charge is 0.508 e. The Kier molecular flexibility index (Phi) is 4.73. The van der Waals surface area contributed by atoms with Gasteiger partial charge >= 0.3 is 0 Å². The summed E-state index contributed by atoms with van der Waals surface area (Å²) in [6.45, 7) is 0.181. The van der Waals surface area contributed by atoms with E-state index in [1.165, 1.54) is 6.07 Å². The van der Waals surface area contributed by atoms with Gasteiger partial charge in [-0.15, -0.1) is 0 Å². The Balaban J connectivity index is 1.60. The van der Waals surface area contributed by atoms with Crippen LogP contribution in [0.2, 0.25) is 5.02 Å². The zero-order valence-electron chi connectivity index (χ0n) is 15.7. The van der Waals surface area contributed by atoms with Gasteiger partial charge in [0, 0.05) is 22.4 Å². The molecule has 3 aromatic rings. The maximum Gasteiger partial charge on any atom is 0.231 e. The molecular formula is C23H18ClFN2O3. The maximum absolute atomic E-state index is 14.7. The standard InChI is InChI=1S/C23H18ClFN2O3/c24-15-5-3-6-16(25)22(15)23-26-17(13-8-9-20-21(10-13)30-12-29-20)11-18(27-23)14-4-1-2-7-19(14)28/h1-11,18,23,26-28H,12H2. The van der Waals surface area contributed by atoms with E-state index < -0.39 is 12.0 Å². The molecule has 0 saturated carbocycles. The number of hydrogen-bond acceptors (Lipinski definition) is 5. The fraction of sp³-hybridized carbons (Fsp3) is 0.130. The summed E-state index contributed by atoms with van der Waals surface area (Å²) in [5.41, 5.74) is 2.59. The van der Waals surface area contributed by atoms with Crippen LogP contribution in [-0.2, 0) is 0 Å². The lowest BCUT2D eigenvalue weighted by atomic mass is 9.97. The van der Waals surface area contributed by atoms with Crippen LogP contribution in [0.1, 0.15) is 28.9 Å². The molecule has 2 atom stereocenters. The van der Waals surface area contributed by atoms with Gasteiger partial charge in [-0.3, -0.25) is 5.32 Å². The Morgan fingerprint density at radius 2 is 1.83 bits per heavy atom. The fourth-order valence-electron chi connectivity index (χ4n) is 3.76. The molecule has 0 fully saturated rings. The molecule has 0 saturated heterocycles. The monoisotopic (exact) mass is 424 g/mol. The highest BCUT2D eigenvalue weighted by Crippen LogP contribution is 2.38. The summed E-state index contributed by atoms with van der Waals surface area (Å²) in [6.07, 6.45) is 1.33. The van der Waals surface area contributed by atoms with Gasteiger partial charge in [-0.1, -0.05) is 35.9 Å². The van der Waals surface area contributed by atoms with Crippen LogP contribution in [0.15, 0.2) is 66.7 Å². The van der Waals surface area contributed by atoms with Gasteiger partial charge in [0.1, 0.15) is 17.7 Å². The van der Waals surface area contributed by atoms with Gasteiger partial charge in [0.2, 0.25) is 6.79 Å². The lowest BCUT2D eigenvalue weighted by Crippen LogP contribution is -2.40. The maximum atomic E-state index is 14.7. The first-order valence-corrected chi connectivity index (χ1v) is 9.84. The van der Waals surface area contributed by atoms with Gasteiger partial charge in [-0.2, -0.15) is 0 Å². The van der Waals surface area contributed by atoms with Gasteiger partial charge in [-0.05, 0) is 42.5 Å².